The number of rotatable bonds is 11. The first kappa shape index (κ1) is 25.7. The Hall–Kier alpha value is -1.93. The molecule has 0 spiro atoms. The number of anilines is 1. The van der Waals surface area contributed by atoms with E-state index in [4.69, 9.17) is 4.74 Å². The van der Waals surface area contributed by atoms with Crippen LogP contribution in [0.25, 0.3) is 0 Å². The van der Waals surface area contributed by atoms with E-state index in [1.54, 1.807) is 12.1 Å². The van der Waals surface area contributed by atoms with E-state index in [1.165, 1.54) is 19.3 Å². The highest BCUT2D eigenvalue weighted by molar-refractivity contribution is 7.80. The Bertz CT molecular complexity index is 734. The molecule has 33 heavy (non-hydrogen) atoms. The van der Waals surface area contributed by atoms with Crippen molar-refractivity contribution in [2.75, 3.05) is 43.9 Å². The molecule has 2 fully saturated rings. The van der Waals surface area contributed by atoms with E-state index in [-0.39, 0.29) is 35.9 Å². The minimum atomic E-state index is -0.306. The average Bonchev–Trinajstić information content (AvgIpc) is 2.84. The Morgan fingerprint density at radius 1 is 1.12 bits per heavy atom. The molecule has 0 aromatic heterocycles. The van der Waals surface area contributed by atoms with Gasteiger partial charge in [-0.25, -0.2) is 0 Å². The van der Waals surface area contributed by atoms with Crippen molar-refractivity contribution in [1.82, 2.24) is 10.2 Å². The molecule has 1 aliphatic heterocycles. The Morgan fingerprint density at radius 2 is 1.82 bits per heavy atom. The molecular weight excluding hydrogens is 438 g/mol. The lowest BCUT2D eigenvalue weighted by atomic mass is 9.81. The molecule has 3 N–H and O–H groups in total. The quantitative estimate of drug-likeness (QED) is 0.290. The van der Waals surface area contributed by atoms with Crippen LogP contribution in [-0.4, -0.2) is 66.5 Å². The first-order valence-electron chi connectivity index (χ1n) is 12.3. The molecule has 184 valence electrons. The molecule has 8 heteroatoms. The molecule has 2 aliphatic rings. The predicted molar refractivity (Wildman–Crippen MR) is 134 cm³/mol. The number of phenols is 1. The molecule has 0 bridgehead atoms. The van der Waals surface area contributed by atoms with Gasteiger partial charge in [-0.2, -0.15) is 12.6 Å². The summed E-state index contributed by atoms with van der Waals surface area (Å²) < 4.78 is 5.37. The number of nitrogens with zero attached hydrogens (tertiary/aromatic N) is 1. The first-order valence-corrected chi connectivity index (χ1v) is 13.0. The number of amides is 2. The second-order valence-electron chi connectivity index (χ2n) is 9.28. The Morgan fingerprint density at radius 3 is 2.48 bits per heavy atom. The van der Waals surface area contributed by atoms with E-state index in [1.807, 2.05) is 17.0 Å². The maximum Gasteiger partial charge on any atom is 0.223 e. The lowest BCUT2D eigenvalue weighted by Crippen LogP contribution is -2.46. The lowest BCUT2D eigenvalue weighted by molar-refractivity contribution is -0.140. The van der Waals surface area contributed by atoms with Gasteiger partial charge in [-0.15, -0.1) is 0 Å². The van der Waals surface area contributed by atoms with Crippen LogP contribution in [0.4, 0.5) is 5.69 Å². The Kier molecular flexibility index (Phi) is 10.7. The third-order valence-corrected chi connectivity index (χ3v) is 7.00. The number of hydrogen-bond acceptors (Lipinski definition) is 6. The molecule has 3 rings (SSSR count). The van der Waals surface area contributed by atoms with Gasteiger partial charge in [-0.05, 0) is 48.8 Å². The number of ether oxygens (including phenoxy) is 1. The fraction of sp³-hybridized carbons (Fsp3) is 0.680. The Balaban J connectivity index is 1.60. The monoisotopic (exact) mass is 477 g/mol. The number of aromatic hydroxyl groups is 1. The van der Waals surface area contributed by atoms with Gasteiger partial charge in [0.1, 0.15) is 5.75 Å². The highest BCUT2D eigenvalue weighted by Crippen LogP contribution is 2.30. The smallest absolute Gasteiger partial charge is 0.223 e. The normalized spacial score (nSPS) is 19.0. The predicted octanol–water partition coefficient (Wildman–Crippen LogP) is 3.44. The third-order valence-electron chi connectivity index (χ3n) is 6.74. The zero-order valence-electron chi connectivity index (χ0n) is 19.5. The number of benzene rings is 1. The van der Waals surface area contributed by atoms with Crippen molar-refractivity contribution in [3.05, 3.63) is 24.3 Å². The van der Waals surface area contributed by atoms with Crippen molar-refractivity contribution in [2.24, 2.45) is 11.8 Å². The zero-order valence-corrected chi connectivity index (χ0v) is 20.4. The minimum Gasteiger partial charge on any atom is -0.508 e. The van der Waals surface area contributed by atoms with Gasteiger partial charge in [0.25, 0.3) is 0 Å². The summed E-state index contributed by atoms with van der Waals surface area (Å²) in [4.78, 5) is 28.2. The van der Waals surface area contributed by atoms with Gasteiger partial charge in [0.15, 0.2) is 0 Å². The van der Waals surface area contributed by atoms with Crippen LogP contribution in [0.5, 0.6) is 5.75 Å². The molecular formula is C25H39N3O4S. The van der Waals surface area contributed by atoms with Crippen LogP contribution in [-0.2, 0) is 14.3 Å². The topological polar surface area (TPSA) is 90.9 Å². The number of thiol groups is 1. The van der Waals surface area contributed by atoms with Crippen molar-refractivity contribution in [3.8, 4) is 5.75 Å². The maximum atomic E-state index is 13.4. The Labute approximate surface area is 203 Å². The number of phenolic OH excluding ortho intramolecular Hbond substituents is 1. The lowest BCUT2D eigenvalue weighted by Gasteiger charge is -2.31. The maximum absolute atomic E-state index is 13.4. The summed E-state index contributed by atoms with van der Waals surface area (Å²) in [6, 6.07) is 6.79. The standard InChI is InChI=1S/C25H39N3O4S/c29-23-8-6-21(7-9-23)26-18-22(10-15-33)27-25(31)20(16-19-4-2-1-3-5-19)17-24(30)28-11-13-32-14-12-28/h6-9,19-20,22,26,29,33H,1-5,10-18H2,(H,27,31). The number of nitrogens with one attached hydrogen (secondary N) is 2. The van der Waals surface area contributed by atoms with E-state index in [0.717, 1.165) is 31.4 Å². The average molecular weight is 478 g/mol. The third kappa shape index (κ3) is 8.74. The van der Waals surface area contributed by atoms with Gasteiger partial charge >= 0.3 is 0 Å². The van der Waals surface area contributed by atoms with Gasteiger partial charge in [0.2, 0.25) is 11.8 Å². The summed E-state index contributed by atoms with van der Waals surface area (Å²) in [5, 5.41) is 16.0. The summed E-state index contributed by atoms with van der Waals surface area (Å²) in [5.74, 6) is 1.12. The minimum absolute atomic E-state index is 0.0264. The molecule has 0 radical (unpaired) electrons. The number of carbonyl (C=O) groups is 2. The van der Waals surface area contributed by atoms with Gasteiger partial charge in [-0.3, -0.25) is 9.59 Å². The van der Waals surface area contributed by atoms with Crippen molar-refractivity contribution in [1.29, 1.82) is 0 Å². The van der Waals surface area contributed by atoms with E-state index in [9.17, 15) is 14.7 Å². The largest absolute Gasteiger partial charge is 0.508 e. The number of morpholine rings is 1. The number of carbonyl (C=O) groups excluding carboxylic acids is 2. The summed E-state index contributed by atoms with van der Waals surface area (Å²) in [6.45, 7) is 2.91. The van der Waals surface area contributed by atoms with Crippen molar-refractivity contribution in [2.45, 2.75) is 57.4 Å². The summed E-state index contributed by atoms with van der Waals surface area (Å²) in [7, 11) is 0. The molecule has 2 unspecified atom stereocenters. The van der Waals surface area contributed by atoms with Crippen LogP contribution in [0.15, 0.2) is 24.3 Å². The SMILES string of the molecule is O=C(NC(CCS)CNc1ccc(O)cc1)C(CC(=O)N1CCOCC1)CC1CCCCC1. The van der Waals surface area contributed by atoms with Gasteiger partial charge in [-0.1, -0.05) is 32.1 Å². The van der Waals surface area contributed by atoms with Crippen LogP contribution >= 0.6 is 12.6 Å². The van der Waals surface area contributed by atoms with Crippen molar-refractivity contribution in [3.63, 3.8) is 0 Å². The van der Waals surface area contributed by atoms with E-state index in [2.05, 4.69) is 23.3 Å². The van der Waals surface area contributed by atoms with Crippen LogP contribution < -0.4 is 10.6 Å². The van der Waals surface area contributed by atoms with E-state index in [0.29, 0.717) is 44.5 Å². The molecule has 1 aromatic rings. The van der Waals surface area contributed by atoms with Gasteiger partial charge < -0.3 is 25.4 Å². The fourth-order valence-electron chi connectivity index (χ4n) is 4.78. The van der Waals surface area contributed by atoms with Crippen LogP contribution in [0.2, 0.25) is 0 Å². The molecule has 1 aliphatic carbocycles. The summed E-state index contributed by atoms with van der Waals surface area (Å²) >= 11 is 4.37. The molecule has 2 amide bonds. The highest BCUT2D eigenvalue weighted by atomic mass is 32.1. The molecule has 1 saturated heterocycles. The second kappa shape index (κ2) is 13.7. The van der Waals surface area contributed by atoms with Gasteiger partial charge in [0.05, 0.1) is 13.2 Å². The molecule has 2 atom stereocenters. The number of hydrogen-bond donors (Lipinski definition) is 4. The van der Waals surface area contributed by atoms with Crippen LogP contribution in [0.3, 0.4) is 0 Å². The van der Waals surface area contributed by atoms with Crippen LogP contribution in [0, 0.1) is 11.8 Å². The van der Waals surface area contributed by atoms with Crippen molar-refractivity contribution < 1.29 is 19.4 Å². The summed E-state index contributed by atoms with van der Waals surface area (Å²) in [5.41, 5.74) is 0.882. The molecule has 1 aromatic carbocycles. The molecule has 1 heterocycles. The summed E-state index contributed by atoms with van der Waals surface area (Å²) in [6.07, 6.45) is 7.78. The van der Waals surface area contributed by atoms with Gasteiger partial charge in [0, 0.05) is 43.7 Å². The second-order valence-corrected chi connectivity index (χ2v) is 9.73. The van der Waals surface area contributed by atoms with E-state index >= 15 is 0 Å². The fourth-order valence-corrected chi connectivity index (χ4v) is 5.09. The molecule has 1 saturated carbocycles. The van der Waals surface area contributed by atoms with Crippen LogP contribution in [0.1, 0.15) is 51.4 Å². The molecule has 7 nitrogen and oxygen atoms in total. The highest BCUT2D eigenvalue weighted by Gasteiger charge is 2.30. The zero-order chi connectivity index (χ0) is 23.5. The first-order chi connectivity index (χ1) is 16.0. The van der Waals surface area contributed by atoms with Crippen molar-refractivity contribution >= 4 is 30.1 Å². The van der Waals surface area contributed by atoms with E-state index < -0.39 is 0 Å².